The van der Waals surface area contributed by atoms with E-state index in [9.17, 15) is 0 Å². The van der Waals surface area contributed by atoms with Gasteiger partial charge in [0, 0.05) is 53.3 Å². The average molecular weight is 657 g/mol. The summed E-state index contributed by atoms with van der Waals surface area (Å²) in [4.78, 5) is 14.8. The van der Waals surface area contributed by atoms with Gasteiger partial charge in [0.1, 0.15) is 0 Å². The standard InChI is InChI=1S/C45H28N4S/c1-3-12-29(13-4-1)43-46-44(30-14-5-2-6-15-30)48-45(47-43)33-22-24-37-38-27-32(23-25-41(38)50-42(37)28-33)31-16-11-17-34(26-31)49-39-20-9-7-18-35(39)36-19-8-10-21-40(36)49/h1-28H. The first-order valence-corrected chi connectivity index (χ1v) is 17.5. The van der Waals surface area contributed by atoms with Crippen LogP contribution in [-0.2, 0) is 0 Å². The van der Waals surface area contributed by atoms with Crippen molar-refractivity contribution in [2.24, 2.45) is 0 Å². The summed E-state index contributed by atoms with van der Waals surface area (Å²) < 4.78 is 4.84. The van der Waals surface area contributed by atoms with Crippen molar-refractivity contribution in [2.75, 3.05) is 0 Å². The van der Waals surface area contributed by atoms with Crippen molar-refractivity contribution in [1.82, 2.24) is 19.5 Å². The molecule has 0 unspecified atom stereocenters. The normalized spacial score (nSPS) is 11.6. The highest BCUT2D eigenvalue weighted by molar-refractivity contribution is 7.25. The fourth-order valence-electron chi connectivity index (χ4n) is 7.06. The highest BCUT2D eigenvalue weighted by atomic mass is 32.1. The molecule has 50 heavy (non-hydrogen) atoms. The van der Waals surface area contributed by atoms with Gasteiger partial charge < -0.3 is 4.57 Å². The lowest BCUT2D eigenvalue weighted by molar-refractivity contribution is 1.07. The average Bonchev–Trinajstić information content (AvgIpc) is 3.73. The number of hydrogen-bond donors (Lipinski definition) is 0. The molecule has 10 aromatic rings. The molecular weight excluding hydrogens is 629 g/mol. The first kappa shape index (κ1) is 28.6. The number of benzene rings is 7. The summed E-state index contributed by atoms with van der Waals surface area (Å²) in [6.45, 7) is 0. The van der Waals surface area contributed by atoms with Crippen LogP contribution in [-0.4, -0.2) is 19.5 Å². The number of thiophene rings is 1. The Labute approximate surface area is 292 Å². The Kier molecular flexibility index (Phi) is 6.64. The van der Waals surface area contributed by atoms with E-state index >= 15 is 0 Å². The van der Waals surface area contributed by atoms with E-state index in [4.69, 9.17) is 15.0 Å². The molecule has 0 radical (unpaired) electrons. The molecule has 0 fully saturated rings. The quantitative estimate of drug-likeness (QED) is 0.185. The fourth-order valence-corrected chi connectivity index (χ4v) is 8.18. The van der Waals surface area contributed by atoms with Crippen LogP contribution in [0.3, 0.4) is 0 Å². The molecule has 0 saturated carbocycles. The van der Waals surface area contributed by atoms with Crippen LogP contribution >= 0.6 is 11.3 Å². The lowest BCUT2D eigenvalue weighted by Gasteiger charge is -2.10. The predicted molar refractivity (Wildman–Crippen MR) is 209 cm³/mol. The molecule has 234 valence electrons. The first-order chi connectivity index (χ1) is 24.8. The van der Waals surface area contributed by atoms with Gasteiger partial charge in [0.2, 0.25) is 0 Å². The van der Waals surface area contributed by atoms with Gasteiger partial charge in [0.25, 0.3) is 0 Å². The summed E-state index contributed by atoms with van der Waals surface area (Å²) in [5, 5.41) is 5.02. The van der Waals surface area contributed by atoms with Crippen molar-refractivity contribution in [1.29, 1.82) is 0 Å². The van der Waals surface area contributed by atoms with Crippen LogP contribution in [0, 0.1) is 0 Å². The molecule has 0 aliphatic rings. The number of hydrogen-bond acceptors (Lipinski definition) is 4. The van der Waals surface area contributed by atoms with Crippen molar-refractivity contribution in [3.8, 4) is 51.0 Å². The molecule has 0 atom stereocenters. The molecule has 10 rings (SSSR count). The zero-order valence-corrected chi connectivity index (χ0v) is 27.7. The molecule has 0 bridgehead atoms. The van der Waals surface area contributed by atoms with Crippen LogP contribution in [0.15, 0.2) is 170 Å². The van der Waals surface area contributed by atoms with Gasteiger partial charge in [0.05, 0.1) is 11.0 Å². The maximum atomic E-state index is 4.96. The third kappa shape index (κ3) is 4.79. The third-order valence-electron chi connectivity index (χ3n) is 9.45. The Hall–Kier alpha value is -6.43. The SMILES string of the molecule is c1ccc(-c2nc(-c3ccccc3)nc(-c3ccc4c(c3)sc3ccc(-c5cccc(-n6c7ccccc7c7ccccc76)c5)cc34)n2)cc1. The van der Waals surface area contributed by atoms with Gasteiger partial charge in [0.15, 0.2) is 17.5 Å². The van der Waals surface area contributed by atoms with Crippen molar-refractivity contribution in [3.05, 3.63) is 170 Å². The number of aromatic nitrogens is 4. The van der Waals surface area contributed by atoms with E-state index in [0.29, 0.717) is 17.5 Å². The van der Waals surface area contributed by atoms with E-state index in [2.05, 4.69) is 114 Å². The summed E-state index contributed by atoms with van der Waals surface area (Å²) in [5.41, 5.74) is 8.87. The number of fused-ring (bicyclic) bond motifs is 6. The zero-order valence-electron chi connectivity index (χ0n) is 26.9. The molecule has 0 spiro atoms. The van der Waals surface area contributed by atoms with E-state index in [1.807, 2.05) is 60.7 Å². The zero-order chi connectivity index (χ0) is 33.0. The van der Waals surface area contributed by atoms with Crippen molar-refractivity contribution >= 4 is 53.3 Å². The number of para-hydroxylation sites is 2. The van der Waals surface area contributed by atoms with Crippen LogP contribution in [0.5, 0.6) is 0 Å². The smallest absolute Gasteiger partial charge is 0.164 e. The van der Waals surface area contributed by atoms with Gasteiger partial charge in [-0.3, -0.25) is 0 Å². The van der Waals surface area contributed by atoms with Crippen LogP contribution in [0.25, 0.3) is 93.0 Å². The Balaban J connectivity index is 1.07. The van der Waals surface area contributed by atoms with Crippen molar-refractivity contribution in [2.45, 2.75) is 0 Å². The predicted octanol–water partition coefficient (Wildman–Crippen LogP) is 12.0. The summed E-state index contributed by atoms with van der Waals surface area (Å²) in [5.74, 6) is 2.00. The molecule has 0 amide bonds. The lowest BCUT2D eigenvalue weighted by Crippen LogP contribution is -1.99. The maximum Gasteiger partial charge on any atom is 0.164 e. The molecule has 0 aliphatic heterocycles. The summed E-state index contributed by atoms with van der Waals surface area (Å²) >= 11 is 1.80. The minimum Gasteiger partial charge on any atom is -0.309 e. The Morgan fingerprint density at radius 2 is 0.880 bits per heavy atom. The maximum absolute atomic E-state index is 4.96. The second kappa shape index (κ2) is 11.6. The molecule has 3 aromatic heterocycles. The van der Waals surface area contributed by atoms with Gasteiger partial charge in [-0.1, -0.05) is 127 Å². The molecule has 3 heterocycles. The molecule has 5 heteroatoms. The van der Waals surface area contributed by atoms with Crippen LogP contribution < -0.4 is 0 Å². The van der Waals surface area contributed by atoms with Gasteiger partial charge in [-0.25, -0.2) is 15.0 Å². The van der Waals surface area contributed by atoms with Crippen LogP contribution in [0.2, 0.25) is 0 Å². The Morgan fingerprint density at radius 1 is 0.340 bits per heavy atom. The number of rotatable bonds is 5. The summed E-state index contributed by atoms with van der Waals surface area (Å²) in [6, 6.07) is 59.9. The largest absolute Gasteiger partial charge is 0.309 e. The Bertz CT molecular complexity index is 2760. The molecular formula is C45H28N4S. The number of nitrogens with zero attached hydrogens (tertiary/aromatic N) is 4. The van der Waals surface area contributed by atoms with Gasteiger partial charge >= 0.3 is 0 Å². The second-order valence-corrected chi connectivity index (χ2v) is 13.6. The summed E-state index contributed by atoms with van der Waals surface area (Å²) in [6.07, 6.45) is 0. The fraction of sp³-hybridized carbons (Fsp3) is 0. The Morgan fingerprint density at radius 3 is 1.54 bits per heavy atom. The van der Waals surface area contributed by atoms with Crippen LogP contribution in [0.1, 0.15) is 0 Å². The topological polar surface area (TPSA) is 43.6 Å². The second-order valence-electron chi connectivity index (χ2n) is 12.5. The van der Waals surface area contributed by atoms with E-state index in [0.717, 1.165) is 22.4 Å². The van der Waals surface area contributed by atoms with Gasteiger partial charge in [-0.2, -0.15) is 0 Å². The molecule has 0 aliphatic carbocycles. The van der Waals surface area contributed by atoms with Crippen molar-refractivity contribution in [3.63, 3.8) is 0 Å². The van der Waals surface area contributed by atoms with E-state index in [1.54, 1.807) is 11.3 Å². The molecule has 0 saturated heterocycles. The highest BCUT2D eigenvalue weighted by Crippen LogP contribution is 2.39. The van der Waals surface area contributed by atoms with Crippen molar-refractivity contribution < 1.29 is 0 Å². The molecule has 0 N–H and O–H groups in total. The monoisotopic (exact) mass is 656 g/mol. The van der Waals surface area contributed by atoms with Gasteiger partial charge in [-0.05, 0) is 53.6 Å². The third-order valence-corrected chi connectivity index (χ3v) is 10.6. The first-order valence-electron chi connectivity index (χ1n) is 16.7. The van der Waals surface area contributed by atoms with E-state index < -0.39 is 0 Å². The van der Waals surface area contributed by atoms with Gasteiger partial charge in [-0.15, -0.1) is 11.3 Å². The van der Waals surface area contributed by atoms with Crippen LogP contribution in [0.4, 0.5) is 0 Å². The minimum absolute atomic E-state index is 0.665. The molecule has 4 nitrogen and oxygen atoms in total. The van der Waals surface area contributed by atoms with E-state index in [-0.39, 0.29) is 0 Å². The van der Waals surface area contributed by atoms with E-state index in [1.165, 1.54) is 53.1 Å². The highest BCUT2D eigenvalue weighted by Gasteiger charge is 2.16. The minimum atomic E-state index is 0.665. The lowest BCUT2D eigenvalue weighted by atomic mass is 10.0. The molecule has 7 aromatic carbocycles. The summed E-state index contributed by atoms with van der Waals surface area (Å²) in [7, 11) is 0.